The molecule has 1 spiro atoms. The maximum atomic E-state index is 12.7. The van der Waals surface area contributed by atoms with Gasteiger partial charge in [0.05, 0.1) is 26.0 Å². The quantitative estimate of drug-likeness (QED) is 0.883. The summed E-state index contributed by atoms with van der Waals surface area (Å²) in [4.78, 5) is 14.4. The molecule has 2 aliphatic rings. The van der Waals surface area contributed by atoms with Crippen LogP contribution in [0.5, 0.6) is 5.75 Å². The summed E-state index contributed by atoms with van der Waals surface area (Å²) in [7, 11) is 1.61. The van der Waals surface area contributed by atoms with Crippen molar-refractivity contribution in [3.05, 3.63) is 42.1 Å². The first-order chi connectivity index (χ1) is 13.2. The molecule has 3 heterocycles. The molecule has 1 N–H and O–H groups in total. The van der Waals surface area contributed by atoms with E-state index in [9.17, 15) is 4.79 Å². The Kier molecular flexibility index (Phi) is 4.91. The van der Waals surface area contributed by atoms with E-state index in [4.69, 9.17) is 14.2 Å². The summed E-state index contributed by atoms with van der Waals surface area (Å²) in [6.07, 6.45) is 1.36. The molecule has 1 aromatic carbocycles. The van der Waals surface area contributed by atoms with Gasteiger partial charge in [0.2, 0.25) is 0 Å². The zero-order valence-corrected chi connectivity index (χ0v) is 15.2. The van der Waals surface area contributed by atoms with E-state index in [0.717, 1.165) is 5.69 Å². The summed E-state index contributed by atoms with van der Waals surface area (Å²) in [5.74, 6) is 0.629. The molecule has 0 unspecified atom stereocenters. The van der Waals surface area contributed by atoms with Crippen LogP contribution in [0.15, 0.2) is 36.4 Å². The molecule has 4 rings (SSSR count). The number of hydrogen-bond donors (Lipinski definition) is 1. The van der Waals surface area contributed by atoms with Crippen molar-refractivity contribution < 1.29 is 19.0 Å². The smallest absolute Gasteiger partial charge is 0.274 e. The van der Waals surface area contributed by atoms with Gasteiger partial charge < -0.3 is 24.4 Å². The van der Waals surface area contributed by atoms with Gasteiger partial charge in [0, 0.05) is 25.9 Å². The van der Waals surface area contributed by atoms with Gasteiger partial charge >= 0.3 is 0 Å². The van der Waals surface area contributed by atoms with Crippen LogP contribution in [0.1, 0.15) is 23.3 Å². The molecule has 2 aliphatic heterocycles. The average Bonchev–Trinajstić information content (AvgIpc) is 3.17. The predicted molar refractivity (Wildman–Crippen MR) is 98.1 cm³/mol. The second-order valence-corrected chi connectivity index (χ2v) is 6.53. The van der Waals surface area contributed by atoms with E-state index in [1.54, 1.807) is 24.1 Å². The minimum atomic E-state index is -0.495. The Morgan fingerprint density at radius 3 is 2.52 bits per heavy atom. The molecular formula is C19H22N4O4. The van der Waals surface area contributed by atoms with Crippen LogP contribution >= 0.6 is 0 Å². The van der Waals surface area contributed by atoms with Crippen molar-refractivity contribution in [3.8, 4) is 5.75 Å². The summed E-state index contributed by atoms with van der Waals surface area (Å²) in [6, 6.07) is 10.9. The summed E-state index contributed by atoms with van der Waals surface area (Å²) in [6.45, 7) is 2.42. The first kappa shape index (κ1) is 17.7. The molecule has 0 saturated carbocycles. The first-order valence-electron chi connectivity index (χ1n) is 9.00. The molecule has 1 amide bonds. The standard InChI is InChI=1S/C19H22N4O4/c1-25-16-5-3-2-4-14(16)20-17-7-6-15(21-22-17)18(24)23-10-8-19(9-11-23)26-12-13-27-19/h2-7H,8-13H2,1H3,(H,20,22). The third kappa shape index (κ3) is 3.72. The Labute approximate surface area is 157 Å². The molecule has 2 saturated heterocycles. The van der Waals surface area contributed by atoms with E-state index in [-0.39, 0.29) is 5.91 Å². The monoisotopic (exact) mass is 370 g/mol. The lowest BCUT2D eigenvalue weighted by Crippen LogP contribution is -2.47. The number of ether oxygens (including phenoxy) is 3. The minimum Gasteiger partial charge on any atom is -0.495 e. The number of hydrogen-bond acceptors (Lipinski definition) is 7. The molecule has 0 atom stereocenters. The molecular weight excluding hydrogens is 348 g/mol. The van der Waals surface area contributed by atoms with Gasteiger partial charge in [0.1, 0.15) is 5.75 Å². The third-order valence-corrected chi connectivity index (χ3v) is 4.88. The van der Waals surface area contributed by atoms with E-state index in [1.807, 2.05) is 24.3 Å². The van der Waals surface area contributed by atoms with E-state index in [2.05, 4.69) is 15.5 Å². The molecule has 2 aromatic rings. The zero-order valence-electron chi connectivity index (χ0n) is 15.2. The molecule has 8 heteroatoms. The maximum Gasteiger partial charge on any atom is 0.274 e. The highest BCUT2D eigenvalue weighted by Gasteiger charge is 2.41. The van der Waals surface area contributed by atoms with Crippen molar-refractivity contribution in [1.82, 2.24) is 15.1 Å². The second kappa shape index (κ2) is 7.50. The molecule has 8 nitrogen and oxygen atoms in total. The Morgan fingerprint density at radius 1 is 1.11 bits per heavy atom. The number of piperidine rings is 1. The number of amides is 1. The van der Waals surface area contributed by atoms with E-state index in [0.29, 0.717) is 56.4 Å². The fourth-order valence-electron chi connectivity index (χ4n) is 3.40. The molecule has 0 radical (unpaired) electrons. The van der Waals surface area contributed by atoms with Crippen LogP contribution in [0.3, 0.4) is 0 Å². The molecule has 0 aliphatic carbocycles. The van der Waals surface area contributed by atoms with E-state index >= 15 is 0 Å². The van der Waals surface area contributed by atoms with Crippen molar-refractivity contribution in [2.45, 2.75) is 18.6 Å². The normalized spacial score (nSPS) is 18.5. The Hall–Kier alpha value is -2.71. The zero-order chi connectivity index (χ0) is 18.7. The number of carbonyl (C=O) groups is 1. The van der Waals surface area contributed by atoms with Gasteiger partial charge in [-0.05, 0) is 24.3 Å². The van der Waals surface area contributed by atoms with E-state index in [1.165, 1.54) is 0 Å². The van der Waals surface area contributed by atoms with Crippen LogP contribution < -0.4 is 10.1 Å². The number of methoxy groups -OCH3 is 1. The van der Waals surface area contributed by atoms with Crippen molar-refractivity contribution in [2.75, 3.05) is 38.7 Å². The number of nitrogens with zero attached hydrogens (tertiary/aromatic N) is 3. The average molecular weight is 370 g/mol. The lowest BCUT2D eigenvalue weighted by molar-refractivity contribution is -0.181. The van der Waals surface area contributed by atoms with Crippen LogP contribution in [0.25, 0.3) is 0 Å². The summed E-state index contributed by atoms with van der Waals surface area (Å²) in [5.41, 5.74) is 1.11. The molecule has 27 heavy (non-hydrogen) atoms. The highest BCUT2D eigenvalue weighted by Crippen LogP contribution is 2.31. The number of carbonyl (C=O) groups excluding carboxylic acids is 1. The van der Waals surface area contributed by atoms with E-state index < -0.39 is 5.79 Å². The number of anilines is 2. The SMILES string of the molecule is COc1ccccc1Nc1ccc(C(=O)N2CCC3(CC2)OCCO3)nn1. The van der Waals surface area contributed by atoms with Gasteiger partial charge in [0.25, 0.3) is 5.91 Å². The Balaban J connectivity index is 1.39. The second-order valence-electron chi connectivity index (χ2n) is 6.53. The number of para-hydroxylation sites is 2. The summed E-state index contributed by atoms with van der Waals surface area (Å²) >= 11 is 0. The number of rotatable bonds is 4. The minimum absolute atomic E-state index is 0.126. The molecule has 142 valence electrons. The summed E-state index contributed by atoms with van der Waals surface area (Å²) in [5, 5.41) is 11.4. The Bertz CT molecular complexity index is 796. The predicted octanol–water partition coefficient (Wildman–Crippen LogP) is 2.21. The topological polar surface area (TPSA) is 85.8 Å². The van der Waals surface area contributed by atoms with Gasteiger partial charge in [0.15, 0.2) is 17.3 Å². The van der Waals surface area contributed by atoms with Gasteiger partial charge in [-0.3, -0.25) is 4.79 Å². The van der Waals surface area contributed by atoms with Gasteiger partial charge in [-0.2, -0.15) is 0 Å². The van der Waals surface area contributed by atoms with Crippen LogP contribution in [0.4, 0.5) is 11.5 Å². The van der Waals surface area contributed by atoms with Gasteiger partial charge in [-0.25, -0.2) is 0 Å². The highest BCUT2D eigenvalue weighted by molar-refractivity contribution is 5.92. The number of benzene rings is 1. The van der Waals surface area contributed by atoms with Crippen molar-refractivity contribution in [1.29, 1.82) is 0 Å². The van der Waals surface area contributed by atoms with Gasteiger partial charge in [-0.1, -0.05) is 12.1 Å². The lowest BCUT2D eigenvalue weighted by Gasteiger charge is -2.37. The van der Waals surface area contributed by atoms with Crippen molar-refractivity contribution in [3.63, 3.8) is 0 Å². The van der Waals surface area contributed by atoms with Crippen LogP contribution in [0, 0.1) is 0 Å². The summed E-state index contributed by atoms with van der Waals surface area (Å²) < 4.78 is 16.7. The fraction of sp³-hybridized carbons (Fsp3) is 0.421. The van der Waals surface area contributed by atoms with Crippen molar-refractivity contribution in [2.24, 2.45) is 0 Å². The van der Waals surface area contributed by atoms with Crippen molar-refractivity contribution >= 4 is 17.4 Å². The Morgan fingerprint density at radius 2 is 1.85 bits per heavy atom. The lowest BCUT2D eigenvalue weighted by atomic mass is 10.0. The molecule has 2 fully saturated rings. The first-order valence-corrected chi connectivity index (χ1v) is 9.00. The third-order valence-electron chi connectivity index (χ3n) is 4.88. The number of likely N-dealkylation sites (tertiary alicyclic amines) is 1. The molecule has 1 aromatic heterocycles. The molecule has 0 bridgehead atoms. The number of nitrogens with one attached hydrogen (secondary N) is 1. The van der Waals surface area contributed by atoms with Gasteiger partial charge in [-0.15, -0.1) is 10.2 Å². The number of aromatic nitrogens is 2. The van der Waals surface area contributed by atoms with Crippen LogP contribution in [0.2, 0.25) is 0 Å². The van der Waals surface area contributed by atoms with Crippen LogP contribution in [-0.2, 0) is 9.47 Å². The highest BCUT2D eigenvalue weighted by atomic mass is 16.7. The largest absolute Gasteiger partial charge is 0.495 e. The maximum absolute atomic E-state index is 12.7. The fourth-order valence-corrected chi connectivity index (χ4v) is 3.40. The van der Waals surface area contributed by atoms with Crippen LogP contribution in [-0.4, -0.2) is 60.2 Å².